The molecular formula is C28H28N2O6. The molecule has 0 heterocycles. The van der Waals surface area contributed by atoms with E-state index in [2.05, 4.69) is 10.5 Å². The van der Waals surface area contributed by atoms with E-state index in [0.717, 1.165) is 16.9 Å². The summed E-state index contributed by atoms with van der Waals surface area (Å²) in [5.74, 6) is 1.80. The van der Waals surface area contributed by atoms with E-state index >= 15 is 0 Å². The first kappa shape index (κ1) is 26.0. The lowest BCUT2D eigenvalue weighted by atomic mass is 10.2. The normalized spacial score (nSPS) is 10.8. The van der Waals surface area contributed by atoms with Crippen LogP contribution in [0.3, 0.4) is 0 Å². The van der Waals surface area contributed by atoms with E-state index < -0.39 is 5.91 Å². The molecule has 0 aliphatic heterocycles. The van der Waals surface area contributed by atoms with E-state index in [-0.39, 0.29) is 19.0 Å². The number of amides is 1. The fourth-order valence-corrected chi connectivity index (χ4v) is 2.96. The fourth-order valence-electron chi connectivity index (χ4n) is 2.96. The van der Waals surface area contributed by atoms with Gasteiger partial charge in [0.2, 0.25) is 0 Å². The van der Waals surface area contributed by atoms with Gasteiger partial charge in [0.05, 0.1) is 19.9 Å². The molecule has 0 unspecified atom stereocenters. The Morgan fingerprint density at radius 1 is 0.806 bits per heavy atom. The van der Waals surface area contributed by atoms with E-state index in [1.165, 1.54) is 12.3 Å². The number of hydrogen-bond donors (Lipinski definition) is 1. The highest BCUT2D eigenvalue weighted by Gasteiger charge is 2.06. The van der Waals surface area contributed by atoms with E-state index in [4.69, 9.17) is 18.9 Å². The van der Waals surface area contributed by atoms with Crippen molar-refractivity contribution in [3.05, 3.63) is 90.0 Å². The van der Waals surface area contributed by atoms with Gasteiger partial charge < -0.3 is 18.9 Å². The lowest BCUT2D eigenvalue weighted by molar-refractivity contribution is -0.123. The van der Waals surface area contributed by atoms with E-state index in [0.29, 0.717) is 23.9 Å². The van der Waals surface area contributed by atoms with Gasteiger partial charge in [0.1, 0.15) is 11.5 Å². The van der Waals surface area contributed by atoms with Crippen LogP contribution in [0.4, 0.5) is 0 Å². The van der Waals surface area contributed by atoms with Crippen molar-refractivity contribution in [3.8, 4) is 23.0 Å². The Kier molecular flexibility index (Phi) is 10.1. The summed E-state index contributed by atoms with van der Waals surface area (Å²) < 4.78 is 21.6. The molecule has 3 aromatic carbocycles. The second-order valence-corrected chi connectivity index (χ2v) is 7.39. The smallest absolute Gasteiger partial charge is 0.277 e. The summed E-state index contributed by atoms with van der Waals surface area (Å²) >= 11 is 0. The van der Waals surface area contributed by atoms with Gasteiger partial charge in [-0.1, -0.05) is 30.3 Å². The number of hydrogen-bond acceptors (Lipinski definition) is 7. The number of nitrogens with one attached hydrogen (secondary N) is 1. The molecule has 0 saturated heterocycles. The lowest BCUT2D eigenvalue weighted by Crippen LogP contribution is -2.24. The molecule has 0 aliphatic carbocycles. The van der Waals surface area contributed by atoms with Crippen LogP contribution < -0.4 is 24.4 Å². The van der Waals surface area contributed by atoms with Gasteiger partial charge in [-0.2, -0.15) is 5.10 Å². The molecule has 186 valence electrons. The average molecular weight is 489 g/mol. The molecule has 0 radical (unpaired) electrons. The number of ketones is 1. The molecule has 0 bridgehead atoms. The number of hydrazone groups is 1. The quantitative estimate of drug-likeness (QED) is 0.219. The van der Waals surface area contributed by atoms with Crippen LogP contribution in [0.1, 0.15) is 18.1 Å². The molecular weight excluding hydrogens is 460 g/mol. The molecule has 1 N–H and O–H groups in total. The summed E-state index contributed by atoms with van der Waals surface area (Å²) in [4.78, 5) is 24.1. The lowest BCUT2D eigenvalue weighted by Gasteiger charge is -2.10. The summed E-state index contributed by atoms with van der Waals surface area (Å²) in [6.07, 6.45) is 4.70. The van der Waals surface area contributed by atoms with Gasteiger partial charge in [-0.15, -0.1) is 0 Å². The number of nitrogens with zero attached hydrogens (tertiary/aromatic N) is 1. The molecule has 8 nitrogen and oxygen atoms in total. The van der Waals surface area contributed by atoms with Crippen molar-refractivity contribution in [3.63, 3.8) is 0 Å². The van der Waals surface area contributed by atoms with Crippen LogP contribution in [-0.2, 0) is 9.59 Å². The number of rotatable bonds is 13. The van der Waals surface area contributed by atoms with Gasteiger partial charge in [-0.3, -0.25) is 9.59 Å². The SMILES string of the molecule is CCOc1ccccc1OCC(=O)NN=Cc1ccc(OCC(=O)C=Cc2ccc(OC)cc2)cc1. The van der Waals surface area contributed by atoms with Crippen molar-refractivity contribution in [1.29, 1.82) is 0 Å². The molecule has 1 amide bonds. The van der Waals surface area contributed by atoms with Gasteiger partial charge in [0.15, 0.2) is 30.5 Å². The molecule has 3 aromatic rings. The molecule has 0 spiro atoms. The van der Waals surface area contributed by atoms with Crippen LogP contribution in [0.25, 0.3) is 6.08 Å². The summed E-state index contributed by atoms with van der Waals surface area (Å²) in [5.41, 5.74) is 4.05. The highest BCUT2D eigenvalue weighted by Crippen LogP contribution is 2.26. The molecule has 0 atom stereocenters. The van der Waals surface area contributed by atoms with Gasteiger partial charge >= 0.3 is 0 Å². The topological polar surface area (TPSA) is 95.5 Å². The Hall–Kier alpha value is -4.59. The highest BCUT2D eigenvalue weighted by atomic mass is 16.5. The summed E-state index contributed by atoms with van der Waals surface area (Å²) in [6, 6.07) is 21.5. The first-order valence-corrected chi connectivity index (χ1v) is 11.3. The molecule has 0 fully saturated rings. The van der Waals surface area contributed by atoms with Crippen LogP contribution in [0.2, 0.25) is 0 Å². The third-order valence-corrected chi connectivity index (χ3v) is 4.75. The predicted molar refractivity (Wildman–Crippen MR) is 138 cm³/mol. The first-order chi connectivity index (χ1) is 17.6. The van der Waals surface area contributed by atoms with Crippen LogP contribution in [0.5, 0.6) is 23.0 Å². The minimum absolute atomic E-state index is 0.0808. The number of carbonyl (C=O) groups excluding carboxylic acids is 2. The number of carbonyl (C=O) groups is 2. The minimum atomic E-state index is -0.404. The van der Waals surface area contributed by atoms with Crippen molar-refractivity contribution in [1.82, 2.24) is 5.43 Å². The second-order valence-electron chi connectivity index (χ2n) is 7.39. The zero-order valence-corrected chi connectivity index (χ0v) is 20.2. The maximum absolute atomic E-state index is 12.1. The highest BCUT2D eigenvalue weighted by molar-refractivity contribution is 5.94. The third kappa shape index (κ3) is 8.64. The first-order valence-electron chi connectivity index (χ1n) is 11.3. The molecule has 0 aliphatic rings. The van der Waals surface area contributed by atoms with Crippen molar-refractivity contribution < 1.29 is 28.5 Å². The summed E-state index contributed by atoms with van der Waals surface area (Å²) in [7, 11) is 1.60. The Labute approximate surface area is 210 Å². The Morgan fingerprint density at radius 2 is 1.44 bits per heavy atom. The molecule has 3 rings (SSSR count). The van der Waals surface area contributed by atoms with Crippen LogP contribution >= 0.6 is 0 Å². The van der Waals surface area contributed by atoms with Gasteiger partial charge in [0.25, 0.3) is 5.91 Å². The van der Waals surface area contributed by atoms with E-state index in [9.17, 15) is 9.59 Å². The van der Waals surface area contributed by atoms with Crippen LogP contribution in [-0.4, -0.2) is 44.8 Å². The average Bonchev–Trinajstić information content (AvgIpc) is 2.91. The minimum Gasteiger partial charge on any atom is -0.497 e. The Bertz CT molecular complexity index is 1190. The number of para-hydroxylation sites is 2. The number of ether oxygens (including phenoxy) is 4. The molecule has 0 aromatic heterocycles. The zero-order valence-electron chi connectivity index (χ0n) is 20.2. The van der Waals surface area contributed by atoms with E-state index in [1.54, 1.807) is 55.7 Å². The van der Waals surface area contributed by atoms with Crippen LogP contribution in [0.15, 0.2) is 84.0 Å². The summed E-state index contributed by atoms with van der Waals surface area (Å²) in [5, 5.41) is 3.93. The van der Waals surface area contributed by atoms with Gasteiger partial charge in [0, 0.05) is 0 Å². The monoisotopic (exact) mass is 488 g/mol. The molecule has 0 saturated carbocycles. The Morgan fingerprint density at radius 3 is 2.11 bits per heavy atom. The van der Waals surface area contributed by atoms with Crippen LogP contribution in [0, 0.1) is 0 Å². The van der Waals surface area contributed by atoms with Crippen molar-refractivity contribution in [2.24, 2.45) is 5.10 Å². The number of benzene rings is 3. The standard InChI is InChI=1S/C28H28N2O6/c1-3-34-26-6-4-5-7-27(26)36-20-28(32)30-29-18-22-11-16-25(17-12-22)35-19-23(31)13-8-21-9-14-24(33-2)15-10-21/h4-18H,3,19-20H2,1-2H3,(H,30,32). The Balaban J connectivity index is 1.39. The maximum Gasteiger partial charge on any atom is 0.277 e. The largest absolute Gasteiger partial charge is 0.497 e. The second kappa shape index (κ2) is 14.0. The fraction of sp³-hybridized carbons (Fsp3) is 0.179. The van der Waals surface area contributed by atoms with Gasteiger partial charge in [-0.05, 0) is 72.7 Å². The van der Waals surface area contributed by atoms with Crippen molar-refractivity contribution in [2.75, 3.05) is 26.9 Å². The van der Waals surface area contributed by atoms with E-state index in [1.807, 2.05) is 37.3 Å². The van der Waals surface area contributed by atoms with Crippen molar-refractivity contribution >= 4 is 24.0 Å². The predicted octanol–water partition coefficient (Wildman–Crippen LogP) is 4.28. The number of methoxy groups -OCH3 is 1. The molecule has 36 heavy (non-hydrogen) atoms. The van der Waals surface area contributed by atoms with Crippen molar-refractivity contribution in [2.45, 2.75) is 6.92 Å². The summed E-state index contributed by atoms with van der Waals surface area (Å²) in [6.45, 7) is 2.09. The third-order valence-electron chi connectivity index (χ3n) is 4.75. The zero-order chi connectivity index (χ0) is 25.6. The van der Waals surface area contributed by atoms with Gasteiger partial charge in [-0.25, -0.2) is 5.43 Å². The molecule has 8 heteroatoms. The maximum atomic E-state index is 12.1.